The molecule has 1 atom stereocenters. The summed E-state index contributed by atoms with van der Waals surface area (Å²) in [6.45, 7) is 2.32. The van der Waals surface area contributed by atoms with Crippen LogP contribution in [0.1, 0.15) is 42.9 Å². The van der Waals surface area contributed by atoms with Crippen molar-refractivity contribution in [2.45, 2.75) is 32.6 Å². The highest BCUT2D eigenvalue weighted by Crippen LogP contribution is 2.43. The summed E-state index contributed by atoms with van der Waals surface area (Å²) in [5.74, 6) is 0.290. The lowest BCUT2D eigenvalue weighted by Gasteiger charge is -2.30. The monoisotopic (exact) mass is 557 g/mol. The van der Waals surface area contributed by atoms with Crippen molar-refractivity contribution in [3.05, 3.63) is 149 Å². The number of nitriles is 1. The van der Waals surface area contributed by atoms with Crippen LogP contribution in [-0.4, -0.2) is 0 Å². The van der Waals surface area contributed by atoms with Gasteiger partial charge in [0.15, 0.2) is 0 Å². The predicted molar refractivity (Wildman–Crippen MR) is 178 cm³/mol. The number of benzene rings is 6. The molecule has 0 N–H and O–H groups in total. The van der Waals surface area contributed by atoms with E-state index >= 15 is 0 Å². The van der Waals surface area contributed by atoms with Gasteiger partial charge in [-0.2, -0.15) is 5.26 Å². The first-order valence-electron chi connectivity index (χ1n) is 15.2. The van der Waals surface area contributed by atoms with Gasteiger partial charge in [-0.05, 0) is 110 Å². The number of halogens is 1. The number of nitrogens with zero attached hydrogens (tertiary/aromatic N) is 1. The molecule has 0 bridgehead atoms. The van der Waals surface area contributed by atoms with Crippen LogP contribution in [0.25, 0.3) is 49.0 Å². The topological polar surface area (TPSA) is 23.8 Å². The van der Waals surface area contributed by atoms with Gasteiger partial charge in [0.2, 0.25) is 0 Å². The number of rotatable bonds is 2. The fourth-order valence-electron chi connectivity index (χ4n) is 6.93. The van der Waals surface area contributed by atoms with Crippen LogP contribution in [0, 0.1) is 23.1 Å². The van der Waals surface area contributed by atoms with Crippen molar-refractivity contribution in [2.24, 2.45) is 5.92 Å². The van der Waals surface area contributed by atoms with Gasteiger partial charge in [0, 0.05) is 0 Å². The van der Waals surface area contributed by atoms with E-state index in [2.05, 4.69) is 91.9 Å². The van der Waals surface area contributed by atoms with Crippen molar-refractivity contribution in [1.82, 2.24) is 0 Å². The standard InChI is InChI=1S/C21H12FN.C20H20/c22-21-12-16(6-8-18(21)13-23)15-9-10-20-17(11-15)7-5-14-3-1-2-4-19(14)20;1-2-14-7-5-9-18-17(14)12-13-19-16-8-4-3-6-15(16)10-11-20(18)19/h1-12H;3-6,8-11,14H,2,7,12-13H2,1H3. The lowest BCUT2D eigenvalue weighted by atomic mass is 9.74. The highest BCUT2D eigenvalue weighted by atomic mass is 19.1. The quantitative estimate of drug-likeness (QED) is 0.194. The molecule has 43 heavy (non-hydrogen) atoms. The molecule has 208 valence electrons. The molecule has 0 fully saturated rings. The Morgan fingerprint density at radius 2 is 1.40 bits per heavy atom. The van der Waals surface area contributed by atoms with Gasteiger partial charge in [-0.3, -0.25) is 0 Å². The van der Waals surface area contributed by atoms with E-state index in [4.69, 9.17) is 5.26 Å². The van der Waals surface area contributed by atoms with Crippen molar-refractivity contribution in [3.8, 4) is 17.2 Å². The van der Waals surface area contributed by atoms with E-state index < -0.39 is 5.82 Å². The van der Waals surface area contributed by atoms with Gasteiger partial charge < -0.3 is 0 Å². The molecule has 8 rings (SSSR count). The van der Waals surface area contributed by atoms with Crippen LogP contribution in [0.15, 0.2) is 127 Å². The molecule has 0 saturated heterocycles. The van der Waals surface area contributed by atoms with Gasteiger partial charge in [0.25, 0.3) is 0 Å². The molecule has 0 aromatic heterocycles. The van der Waals surface area contributed by atoms with Gasteiger partial charge in [0.05, 0.1) is 5.56 Å². The van der Waals surface area contributed by atoms with Crippen molar-refractivity contribution >= 4 is 37.9 Å². The van der Waals surface area contributed by atoms with E-state index in [0.29, 0.717) is 0 Å². The summed E-state index contributed by atoms with van der Waals surface area (Å²) in [4.78, 5) is 0. The summed E-state index contributed by atoms with van der Waals surface area (Å²) in [5.41, 5.74) is 8.06. The number of fused-ring (bicyclic) bond motifs is 7. The molecule has 1 unspecified atom stereocenters. The SMILES string of the molecule is CCC1CC=CC2=C1CCc1c2ccc2ccccc12.N#Cc1ccc(-c2ccc3c(ccc4ccccc43)c2)cc1F. The maximum atomic E-state index is 13.8. The van der Waals surface area contributed by atoms with E-state index in [1.807, 2.05) is 24.3 Å². The number of hydrogen-bond acceptors (Lipinski definition) is 1. The first kappa shape index (κ1) is 26.9. The van der Waals surface area contributed by atoms with E-state index in [0.717, 1.165) is 22.4 Å². The van der Waals surface area contributed by atoms with Gasteiger partial charge in [-0.15, -0.1) is 0 Å². The number of allylic oxidation sites excluding steroid dienone is 4. The van der Waals surface area contributed by atoms with Crippen LogP contribution in [-0.2, 0) is 6.42 Å². The Kier molecular flexibility index (Phi) is 7.09. The summed E-state index contributed by atoms with van der Waals surface area (Å²) in [6, 6.07) is 38.6. The van der Waals surface area contributed by atoms with Crippen LogP contribution < -0.4 is 0 Å². The van der Waals surface area contributed by atoms with Crippen LogP contribution in [0.3, 0.4) is 0 Å². The first-order chi connectivity index (χ1) is 21.1. The average molecular weight is 558 g/mol. The maximum Gasteiger partial charge on any atom is 0.141 e. The third kappa shape index (κ3) is 4.92. The lowest BCUT2D eigenvalue weighted by Crippen LogP contribution is -2.14. The molecule has 2 heteroatoms. The second-order valence-electron chi connectivity index (χ2n) is 11.5. The molecule has 0 aliphatic heterocycles. The summed E-state index contributed by atoms with van der Waals surface area (Å²) in [7, 11) is 0. The molecule has 0 heterocycles. The van der Waals surface area contributed by atoms with Gasteiger partial charge in [0.1, 0.15) is 11.9 Å². The Bertz CT molecular complexity index is 2120. The highest BCUT2D eigenvalue weighted by molar-refractivity contribution is 6.08. The minimum Gasteiger partial charge on any atom is -0.206 e. The van der Waals surface area contributed by atoms with Crippen molar-refractivity contribution in [2.75, 3.05) is 0 Å². The molecule has 0 saturated carbocycles. The van der Waals surface area contributed by atoms with E-state index in [1.54, 1.807) is 17.2 Å². The fourth-order valence-corrected chi connectivity index (χ4v) is 6.93. The molecule has 0 amide bonds. The largest absolute Gasteiger partial charge is 0.206 e. The van der Waals surface area contributed by atoms with Crippen LogP contribution in [0.4, 0.5) is 4.39 Å². The summed E-state index contributed by atoms with van der Waals surface area (Å²) < 4.78 is 13.8. The lowest BCUT2D eigenvalue weighted by molar-refractivity contribution is 0.569. The smallest absolute Gasteiger partial charge is 0.141 e. The third-order valence-corrected chi connectivity index (χ3v) is 9.18. The predicted octanol–water partition coefficient (Wildman–Crippen LogP) is 11.2. The molecule has 0 radical (unpaired) electrons. The third-order valence-electron chi connectivity index (χ3n) is 9.18. The minimum atomic E-state index is -0.483. The molecule has 0 spiro atoms. The molecular weight excluding hydrogens is 525 g/mol. The van der Waals surface area contributed by atoms with Crippen molar-refractivity contribution in [3.63, 3.8) is 0 Å². The van der Waals surface area contributed by atoms with Crippen molar-refractivity contribution < 1.29 is 4.39 Å². The Balaban J connectivity index is 0.000000141. The minimum absolute atomic E-state index is 0.0699. The fraction of sp³-hybridized carbons (Fsp3) is 0.146. The van der Waals surface area contributed by atoms with Gasteiger partial charge in [-0.1, -0.05) is 116 Å². The molecule has 1 nitrogen and oxygen atoms in total. The Labute approximate surface area is 252 Å². The molecule has 6 aromatic rings. The zero-order chi connectivity index (χ0) is 29.3. The summed E-state index contributed by atoms with van der Waals surface area (Å²) >= 11 is 0. The van der Waals surface area contributed by atoms with E-state index in [-0.39, 0.29) is 5.56 Å². The molecule has 6 aromatic carbocycles. The van der Waals surface area contributed by atoms with Crippen LogP contribution in [0.2, 0.25) is 0 Å². The van der Waals surface area contributed by atoms with Gasteiger partial charge >= 0.3 is 0 Å². The van der Waals surface area contributed by atoms with Crippen LogP contribution >= 0.6 is 0 Å². The van der Waals surface area contributed by atoms with E-state index in [9.17, 15) is 4.39 Å². The number of hydrogen-bond donors (Lipinski definition) is 0. The zero-order valence-electron chi connectivity index (χ0n) is 24.3. The van der Waals surface area contributed by atoms with Crippen LogP contribution in [0.5, 0.6) is 0 Å². The van der Waals surface area contributed by atoms with E-state index in [1.165, 1.54) is 75.9 Å². The molecule has 2 aliphatic carbocycles. The second kappa shape index (κ2) is 11.3. The normalized spacial score (nSPS) is 15.5. The average Bonchev–Trinajstić information content (AvgIpc) is 3.07. The summed E-state index contributed by atoms with van der Waals surface area (Å²) in [6.07, 6.45) is 9.70. The second-order valence-corrected chi connectivity index (χ2v) is 11.5. The van der Waals surface area contributed by atoms with Gasteiger partial charge in [-0.25, -0.2) is 4.39 Å². The Morgan fingerprint density at radius 1 is 0.721 bits per heavy atom. The van der Waals surface area contributed by atoms with Crippen molar-refractivity contribution in [1.29, 1.82) is 5.26 Å². The Morgan fingerprint density at radius 3 is 2.19 bits per heavy atom. The maximum absolute atomic E-state index is 13.8. The number of aryl methyl sites for hydroxylation is 1. The summed E-state index contributed by atoms with van der Waals surface area (Å²) in [5, 5.41) is 16.4. The Hall–Kier alpha value is -5.00. The highest BCUT2D eigenvalue weighted by Gasteiger charge is 2.25. The first-order valence-corrected chi connectivity index (χ1v) is 15.2. The zero-order valence-corrected chi connectivity index (χ0v) is 24.3. The molecular formula is C41H32FN. The molecule has 2 aliphatic rings.